The minimum Gasteiger partial charge on any atom is -0.466 e. The van der Waals surface area contributed by atoms with Crippen LogP contribution in [0.1, 0.15) is 239 Å². The number of esters is 3. The van der Waals surface area contributed by atoms with Gasteiger partial charge in [0, 0.05) is 6.42 Å². The Morgan fingerprint density at radius 3 is 1.49 bits per heavy atom. The van der Waals surface area contributed by atoms with E-state index in [2.05, 4.69) is 34.1 Å². The molecule has 0 aliphatic carbocycles. The summed E-state index contributed by atoms with van der Waals surface area (Å²) in [4.78, 5) is 73.8. The van der Waals surface area contributed by atoms with Gasteiger partial charge in [0.1, 0.15) is 19.4 Å². The molecule has 0 radical (unpaired) electrons. The fraction of sp³-hybridized carbons (Fsp3) is 0.827. The molecule has 0 aliphatic rings. The molecule has 67 heavy (non-hydrogen) atoms. The Bertz CT molecular complexity index is 1630. The van der Waals surface area contributed by atoms with Crippen molar-refractivity contribution in [3.05, 3.63) is 16.7 Å². The highest BCUT2D eigenvalue weighted by Crippen LogP contribution is 2.16. The van der Waals surface area contributed by atoms with Crippen molar-refractivity contribution in [2.75, 3.05) is 32.2 Å². The number of nitrogen functional groups attached to an aromatic ring is 1. The molecule has 0 unspecified atom stereocenters. The van der Waals surface area contributed by atoms with Gasteiger partial charge in [0.05, 0.1) is 39.0 Å². The van der Waals surface area contributed by atoms with E-state index in [4.69, 9.17) is 24.7 Å². The van der Waals surface area contributed by atoms with Crippen molar-refractivity contribution in [2.45, 2.75) is 251 Å². The van der Waals surface area contributed by atoms with E-state index in [1.165, 1.54) is 171 Å². The maximum absolute atomic E-state index is 13.2. The number of aromatic nitrogens is 4. The van der Waals surface area contributed by atoms with Crippen LogP contribution >= 0.6 is 0 Å². The van der Waals surface area contributed by atoms with Gasteiger partial charge in [0.15, 0.2) is 11.2 Å². The number of amides is 1. The van der Waals surface area contributed by atoms with Crippen LogP contribution in [-0.2, 0) is 44.9 Å². The van der Waals surface area contributed by atoms with E-state index >= 15 is 0 Å². The Kier molecular flexibility index (Phi) is 36.2. The minimum atomic E-state index is -1.23. The van der Waals surface area contributed by atoms with E-state index in [9.17, 15) is 24.0 Å². The van der Waals surface area contributed by atoms with Gasteiger partial charge in [-0.25, -0.2) is 9.78 Å². The standard InChI is InChI=1S/C52H92N6O9/c1-3-5-7-9-11-13-15-17-19-21-23-25-27-29-31-33-37-65-47(61)41-44(51(63)67-38-34-32-30-28-26-24-22-20-18-16-14-12-10-8-6-4-2)55-45(59)35-36-46(60)66-40-39-64-43-58-42-54-48-49(58)56-52(53)57-50(48)62/h42,44H,3-41,43H2,1-2H3,(H,55,59)(H3,53,56,57,62)/t44-/m0/s1. The average Bonchev–Trinajstić information content (AvgIpc) is 3.72. The average molecular weight is 945 g/mol. The van der Waals surface area contributed by atoms with Gasteiger partial charge in [-0.05, 0) is 12.8 Å². The number of anilines is 1. The summed E-state index contributed by atoms with van der Waals surface area (Å²) in [5.41, 5.74) is 5.54. The number of nitrogens with two attached hydrogens (primary N) is 1. The van der Waals surface area contributed by atoms with Gasteiger partial charge in [0.2, 0.25) is 11.9 Å². The lowest BCUT2D eigenvalue weighted by Gasteiger charge is -2.17. The van der Waals surface area contributed by atoms with Crippen LogP contribution in [0.15, 0.2) is 11.1 Å². The molecule has 1 amide bonds. The molecule has 0 aliphatic heterocycles. The van der Waals surface area contributed by atoms with Crippen molar-refractivity contribution < 1.29 is 38.1 Å². The molecule has 0 spiro atoms. The van der Waals surface area contributed by atoms with Crippen LogP contribution in [0.25, 0.3) is 11.2 Å². The molecule has 2 aromatic rings. The first-order valence-corrected chi connectivity index (χ1v) is 26.8. The molecule has 0 saturated heterocycles. The monoisotopic (exact) mass is 945 g/mol. The molecule has 384 valence electrons. The summed E-state index contributed by atoms with van der Waals surface area (Å²) in [6, 6.07) is -1.23. The molecule has 15 heteroatoms. The predicted octanol–water partition coefficient (Wildman–Crippen LogP) is 11.5. The fourth-order valence-corrected chi connectivity index (χ4v) is 8.18. The van der Waals surface area contributed by atoms with Gasteiger partial charge in [0.25, 0.3) is 5.56 Å². The van der Waals surface area contributed by atoms with Crippen molar-refractivity contribution in [3.63, 3.8) is 0 Å². The first-order chi connectivity index (χ1) is 32.7. The third kappa shape index (κ3) is 31.6. The van der Waals surface area contributed by atoms with E-state index in [1.54, 1.807) is 0 Å². The normalized spacial score (nSPS) is 11.8. The molecular weight excluding hydrogens is 853 g/mol. The van der Waals surface area contributed by atoms with Gasteiger partial charge >= 0.3 is 17.9 Å². The van der Waals surface area contributed by atoms with E-state index in [0.29, 0.717) is 6.42 Å². The maximum Gasteiger partial charge on any atom is 0.329 e. The Labute approximate surface area is 402 Å². The number of carbonyl (C=O) groups is 4. The summed E-state index contributed by atoms with van der Waals surface area (Å²) in [6.07, 6.45) is 40.4. The highest BCUT2D eigenvalue weighted by molar-refractivity contribution is 5.89. The molecule has 2 aromatic heterocycles. The summed E-state index contributed by atoms with van der Waals surface area (Å²) < 4.78 is 23.2. The topological polar surface area (TPSA) is 207 Å². The van der Waals surface area contributed by atoms with Crippen molar-refractivity contribution in [1.29, 1.82) is 0 Å². The maximum atomic E-state index is 13.2. The number of nitrogens with zero attached hydrogens (tertiary/aromatic N) is 3. The van der Waals surface area contributed by atoms with Crippen molar-refractivity contribution in [2.24, 2.45) is 0 Å². The second kappa shape index (κ2) is 41.0. The number of carbonyl (C=O) groups excluding carboxylic acids is 4. The lowest BCUT2D eigenvalue weighted by molar-refractivity contribution is -0.154. The number of H-pyrrole nitrogens is 1. The summed E-state index contributed by atoms with van der Waals surface area (Å²) in [6.45, 7) is 4.92. The lowest BCUT2D eigenvalue weighted by atomic mass is 10.0. The van der Waals surface area contributed by atoms with Gasteiger partial charge in [-0.1, -0.05) is 206 Å². The zero-order chi connectivity index (χ0) is 48.4. The van der Waals surface area contributed by atoms with Crippen molar-refractivity contribution in [3.8, 4) is 0 Å². The number of fused-ring (bicyclic) bond motifs is 1. The minimum absolute atomic E-state index is 0.00867. The summed E-state index contributed by atoms with van der Waals surface area (Å²) >= 11 is 0. The SMILES string of the molecule is CCCCCCCCCCCCCCCCCCOC(=O)C[C@H](NC(=O)CCC(=O)OCCOCn1cnc2c(=O)[nH]c(N)nc21)C(=O)OCCCCCCCCCCCCCCCCCC. The zero-order valence-electron chi connectivity index (χ0n) is 42.0. The van der Waals surface area contributed by atoms with Gasteiger partial charge < -0.3 is 30.0 Å². The second-order valence-corrected chi connectivity index (χ2v) is 18.4. The van der Waals surface area contributed by atoms with E-state index < -0.39 is 35.4 Å². The molecule has 2 heterocycles. The van der Waals surface area contributed by atoms with Crippen LogP contribution in [0, 0.1) is 0 Å². The number of imidazole rings is 1. The summed E-state index contributed by atoms with van der Waals surface area (Å²) in [5, 5.41) is 2.59. The van der Waals surface area contributed by atoms with Crippen LogP contribution in [0.4, 0.5) is 5.95 Å². The van der Waals surface area contributed by atoms with E-state index in [1.807, 2.05) is 0 Å². The first kappa shape index (κ1) is 59.1. The molecule has 0 bridgehead atoms. The Hall–Kier alpha value is -4.01. The van der Waals surface area contributed by atoms with Crippen LogP contribution in [-0.4, -0.2) is 75.8 Å². The smallest absolute Gasteiger partial charge is 0.329 e. The number of ether oxygens (including phenoxy) is 4. The number of rotatable bonds is 46. The number of aromatic amines is 1. The predicted molar refractivity (Wildman–Crippen MR) is 266 cm³/mol. The molecule has 0 saturated carbocycles. The Balaban J connectivity index is 1.64. The Morgan fingerprint density at radius 2 is 1.01 bits per heavy atom. The zero-order valence-corrected chi connectivity index (χ0v) is 42.0. The highest BCUT2D eigenvalue weighted by atomic mass is 16.6. The molecule has 1 atom stereocenters. The fourth-order valence-electron chi connectivity index (χ4n) is 8.18. The quantitative estimate of drug-likeness (QED) is 0.0322. The lowest BCUT2D eigenvalue weighted by Crippen LogP contribution is -2.43. The molecule has 0 fully saturated rings. The third-order valence-electron chi connectivity index (χ3n) is 12.3. The van der Waals surface area contributed by atoms with Gasteiger partial charge in [-0.3, -0.25) is 28.7 Å². The van der Waals surface area contributed by atoms with Gasteiger partial charge in [-0.15, -0.1) is 0 Å². The Morgan fingerprint density at radius 1 is 0.582 bits per heavy atom. The number of hydrogen-bond acceptors (Lipinski definition) is 12. The molecular formula is C52H92N6O9. The number of hydrogen-bond donors (Lipinski definition) is 3. The molecule has 0 aromatic carbocycles. The molecule has 2 rings (SSSR count). The van der Waals surface area contributed by atoms with Crippen LogP contribution in [0.2, 0.25) is 0 Å². The first-order valence-electron chi connectivity index (χ1n) is 26.8. The molecule has 15 nitrogen and oxygen atoms in total. The van der Waals surface area contributed by atoms with Crippen molar-refractivity contribution >= 4 is 40.9 Å². The summed E-state index contributed by atoms with van der Waals surface area (Å²) in [5.74, 6) is -2.54. The van der Waals surface area contributed by atoms with Crippen LogP contribution in [0.3, 0.4) is 0 Å². The van der Waals surface area contributed by atoms with E-state index in [-0.39, 0.29) is 69.5 Å². The number of unbranched alkanes of at least 4 members (excludes halogenated alkanes) is 30. The second-order valence-electron chi connectivity index (χ2n) is 18.4. The van der Waals surface area contributed by atoms with E-state index in [0.717, 1.165) is 38.5 Å². The van der Waals surface area contributed by atoms with Gasteiger partial charge in [-0.2, -0.15) is 4.98 Å². The highest BCUT2D eigenvalue weighted by Gasteiger charge is 2.26. The van der Waals surface area contributed by atoms with Crippen LogP contribution < -0.4 is 16.6 Å². The third-order valence-corrected chi connectivity index (χ3v) is 12.3. The summed E-state index contributed by atoms with van der Waals surface area (Å²) in [7, 11) is 0. The largest absolute Gasteiger partial charge is 0.466 e. The van der Waals surface area contributed by atoms with Crippen LogP contribution in [0.5, 0.6) is 0 Å². The van der Waals surface area contributed by atoms with Crippen molar-refractivity contribution in [1.82, 2.24) is 24.8 Å². The molecule has 4 N–H and O–H groups in total. The number of nitrogens with one attached hydrogen (secondary N) is 2.